The number of hydrogen-bond acceptors (Lipinski definition) is 6. The van der Waals surface area contributed by atoms with E-state index in [9.17, 15) is 0 Å². The molecule has 0 aromatic rings. The average molecular weight is 512 g/mol. The molecular weight excluding hydrogens is 446 g/mol. The molecule has 2 aliphatic heterocycles. The number of hydrogen-bond donors (Lipinski definition) is 3. The molecule has 0 spiro atoms. The van der Waals surface area contributed by atoms with Crippen LogP contribution in [0.5, 0.6) is 0 Å². The van der Waals surface area contributed by atoms with Crippen molar-refractivity contribution in [1.82, 2.24) is 25.3 Å². The Morgan fingerprint density at radius 1 is 0.694 bits per heavy atom. The minimum absolute atomic E-state index is 0.194. The molecule has 36 heavy (non-hydrogen) atoms. The number of likely N-dealkylation sites (tertiary alicyclic amines) is 2. The normalized spacial score (nSPS) is 22.5. The van der Waals surface area contributed by atoms with Crippen LogP contribution in [0, 0.1) is 0 Å². The summed E-state index contributed by atoms with van der Waals surface area (Å²) in [6.07, 6.45) is 12.9. The number of nitrogens with one attached hydrogen (secondary N) is 2. The molecule has 2 rings (SSSR count). The molecular formula is C30H65N5O. The third-order valence-corrected chi connectivity index (χ3v) is 9.46. The molecule has 2 unspecified atom stereocenters. The molecule has 0 amide bonds. The van der Waals surface area contributed by atoms with Crippen molar-refractivity contribution >= 4 is 0 Å². The van der Waals surface area contributed by atoms with Gasteiger partial charge in [0.1, 0.15) is 0 Å². The molecule has 0 aromatic carbocycles. The number of β-amino-alcohol motifs (C(OH)–C–C–N with tert-alkyl or cyclic N) is 1. The van der Waals surface area contributed by atoms with Crippen LogP contribution in [0.3, 0.4) is 0 Å². The van der Waals surface area contributed by atoms with Crippen LogP contribution in [0.4, 0.5) is 0 Å². The lowest BCUT2D eigenvalue weighted by molar-refractivity contribution is 0.0563. The second kappa shape index (κ2) is 18.1. The maximum atomic E-state index is 9.07. The summed E-state index contributed by atoms with van der Waals surface area (Å²) in [5, 5.41) is 16.6. The lowest BCUT2D eigenvalue weighted by Gasteiger charge is -2.48. The first-order chi connectivity index (χ1) is 17.3. The van der Waals surface area contributed by atoms with Crippen LogP contribution in [0.2, 0.25) is 0 Å². The van der Waals surface area contributed by atoms with Crippen LogP contribution in [0.25, 0.3) is 0 Å². The van der Waals surface area contributed by atoms with Crippen molar-refractivity contribution in [3.63, 3.8) is 0 Å². The molecule has 0 saturated carbocycles. The van der Waals surface area contributed by atoms with E-state index in [-0.39, 0.29) is 12.1 Å². The van der Waals surface area contributed by atoms with Crippen molar-refractivity contribution < 1.29 is 5.11 Å². The van der Waals surface area contributed by atoms with Crippen LogP contribution < -0.4 is 10.6 Å². The molecule has 0 radical (unpaired) electrons. The van der Waals surface area contributed by atoms with Gasteiger partial charge in [-0.3, -0.25) is 9.80 Å². The second-order valence-corrected chi connectivity index (χ2v) is 11.4. The second-order valence-electron chi connectivity index (χ2n) is 11.4. The fraction of sp³-hybridized carbons (Fsp3) is 1.00. The Morgan fingerprint density at radius 3 is 1.44 bits per heavy atom. The molecule has 2 heterocycles. The monoisotopic (exact) mass is 512 g/mol. The van der Waals surface area contributed by atoms with Gasteiger partial charge in [-0.1, -0.05) is 54.4 Å². The number of aliphatic hydroxyl groups is 1. The van der Waals surface area contributed by atoms with E-state index >= 15 is 0 Å². The first-order valence-electron chi connectivity index (χ1n) is 15.6. The summed E-state index contributed by atoms with van der Waals surface area (Å²) in [4.78, 5) is 7.60. The van der Waals surface area contributed by atoms with Gasteiger partial charge in [0.2, 0.25) is 0 Å². The fourth-order valence-electron chi connectivity index (χ4n) is 7.00. The van der Waals surface area contributed by atoms with Crippen molar-refractivity contribution in [3.05, 3.63) is 0 Å². The summed E-state index contributed by atoms with van der Waals surface area (Å²) in [5.41, 5.74) is 0.506. The van der Waals surface area contributed by atoms with Crippen molar-refractivity contribution in [1.29, 1.82) is 0 Å². The van der Waals surface area contributed by atoms with E-state index in [2.05, 4.69) is 81.0 Å². The van der Waals surface area contributed by atoms with Crippen molar-refractivity contribution in [2.75, 3.05) is 66.5 Å². The van der Waals surface area contributed by atoms with Gasteiger partial charge in [-0.2, -0.15) is 0 Å². The molecule has 6 heteroatoms. The van der Waals surface area contributed by atoms with Gasteiger partial charge in [-0.15, -0.1) is 0 Å². The van der Waals surface area contributed by atoms with Gasteiger partial charge >= 0.3 is 0 Å². The highest BCUT2D eigenvalue weighted by atomic mass is 16.3. The first kappa shape index (κ1) is 33.8. The van der Waals surface area contributed by atoms with Gasteiger partial charge in [-0.05, 0) is 91.6 Å². The summed E-state index contributed by atoms with van der Waals surface area (Å²) in [6, 6.07) is 1.37. The Balaban J connectivity index is 0.000000362. The molecule has 2 atom stereocenters. The first-order valence-corrected chi connectivity index (χ1v) is 15.6. The summed E-state index contributed by atoms with van der Waals surface area (Å²) < 4.78 is 0. The van der Waals surface area contributed by atoms with E-state index in [0.29, 0.717) is 11.6 Å². The molecule has 0 aliphatic carbocycles. The van der Waals surface area contributed by atoms with Crippen LogP contribution in [0.1, 0.15) is 106 Å². The number of rotatable bonds is 15. The Hall–Kier alpha value is -0.240. The minimum Gasteiger partial charge on any atom is -0.395 e. The van der Waals surface area contributed by atoms with Gasteiger partial charge in [0.25, 0.3) is 0 Å². The maximum Gasteiger partial charge on any atom is 0.0556 e. The van der Waals surface area contributed by atoms with Gasteiger partial charge in [0.15, 0.2) is 0 Å². The molecule has 3 N–H and O–H groups in total. The topological polar surface area (TPSA) is 54.0 Å². The summed E-state index contributed by atoms with van der Waals surface area (Å²) in [7, 11) is 4.31. The molecule has 216 valence electrons. The van der Waals surface area contributed by atoms with Gasteiger partial charge in [0, 0.05) is 42.8 Å². The SMILES string of the molecule is CCN1CCCCC1C(CC)(CC)NCCN(C)C.CCN1CCCCC1C(CC)(CC)NCCO. The zero-order chi connectivity index (χ0) is 27.0. The van der Waals surface area contributed by atoms with Gasteiger partial charge in [-0.25, -0.2) is 0 Å². The molecule has 0 bridgehead atoms. The van der Waals surface area contributed by atoms with Crippen LogP contribution in [-0.2, 0) is 0 Å². The summed E-state index contributed by atoms with van der Waals surface area (Å²) >= 11 is 0. The van der Waals surface area contributed by atoms with Crippen molar-refractivity contribution in [3.8, 4) is 0 Å². The molecule has 2 saturated heterocycles. The van der Waals surface area contributed by atoms with Crippen LogP contribution in [0.15, 0.2) is 0 Å². The Morgan fingerprint density at radius 2 is 1.11 bits per heavy atom. The summed E-state index contributed by atoms with van der Waals surface area (Å²) in [6.45, 7) is 21.9. The third kappa shape index (κ3) is 9.50. The third-order valence-electron chi connectivity index (χ3n) is 9.46. The van der Waals surface area contributed by atoms with E-state index in [0.717, 1.165) is 45.1 Å². The largest absolute Gasteiger partial charge is 0.395 e. The van der Waals surface area contributed by atoms with Crippen molar-refractivity contribution in [2.45, 2.75) is 129 Å². The van der Waals surface area contributed by atoms with Crippen molar-refractivity contribution in [2.24, 2.45) is 0 Å². The Labute approximate surface area is 225 Å². The van der Waals surface area contributed by atoms with Crippen LogP contribution >= 0.6 is 0 Å². The maximum absolute atomic E-state index is 9.07. The van der Waals surface area contributed by atoms with E-state index in [4.69, 9.17) is 5.11 Å². The summed E-state index contributed by atoms with van der Waals surface area (Å²) in [5.74, 6) is 0. The quantitative estimate of drug-likeness (QED) is 0.299. The average Bonchev–Trinajstić information content (AvgIpc) is 2.92. The fourth-order valence-corrected chi connectivity index (χ4v) is 7.00. The van der Waals surface area contributed by atoms with E-state index in [1.165, 1.54) is 71.0 Å². The molecule has 0 aromatic heterocycles. The number of nitrogens with zero attached hydrogens (tertiary/aromatic N) is 3. The number of aliphatic hydroxyl groups excluding tert-OH is 1. The molecule has 2 aliphatic rings. The zero-order valence-electron chi connectivity index (χ0n) is 25.7. The predicted molar refractivity (Wildman–Crippen MR) is 158 cm³/mol. The van der Waals surface area contributed by atoms with Gasteiger partial charge < -0.3 is 20.6 Å². The highest BCUT2D eigenvalue weighted by Crippen LogP contribution is 2.32. The minimum atomic E-state index is 0.194. The molecule has 2 fully saturated rings. The van der Waals surface area contributed by atoms with E-state index < -0.39 is 0 Å². The molecule has 6 nitrogen and oxygen atoms in total. The zero-order valence-corrected chi connectivity index (χ0v) is 25.7. The lowest BCUT2D eigenvalue weighted by atomic mass is 9.79. The highest BCUT2D eigenvalue weighted by molar-refractivity contribution is 5.00. The van der Waals surface area contributed by atoms with Gasteiger partial charge in [0.05, 0.1) is 6.61 Å². The predicted octanol–water partition coefficient (Wildman–Crippen LogP) is 4.57. The Kier molecular flexibility index (Phi) is 17.0. The Bertz CT molecular complexity index is 535. The standard InChI is InChI=1S/C16H35N3.C14H30N2O/c1-6-16(7-2,17-12-14-18(4)5)15-11-9-10-13-19(15)8-3;1-4-14(5-2,15-10-12-17)13-9-7-8-11-16(13)6-3/h15,17H,6-14H2,1-5H3;13,15,17H,4-12H2,1-3H3. The number of likely N-dealkylation sites (N-methyl/N-ethyl adjacent to an activating group) is 3. The smallest absolute Gasteiger partial charge is 0.0556 e. The van der Waals surface area contributed by atoms with E-state index in [1.54, 1.807) is 0 Å². The lowest BCUT2D eigenvalue weighted by Crippen LogP contribution is -2.62. The number of piperidine rings is 2. The highest BCUT2D eigenvalue weighted by Gasteiger charge is 2.40. The van der Waals surface area contributed by atoms with E-state index in [1.807, 2.05) is 0 Å². The van der Waals surface area contributed by atoms with Crippen LogP contribution in [-0.4, -0.2) is 109 Å².